The number of hydrogen-bond acceptors (Lipinski definition) is 4. The Bertz CT molecular complexity index is 1760. The summed E-state index contributed by atoms with van der Waals surface area (Å²) in [6.45, 7) is -7.21. The van der Waals surface area contributed by atoms with Crippen LogP contribution in [0, 0.1) is 0 Å². The van der Waals surface area contributed by atoms with Gasteiger partial charge in [0.1, 0.15) is 6.02 Å². The summed E-state index contributed by atoms with van der Waals surface area (Å²) < 4.78 is 166. The number of amides is 1. The van der Waals surface area contributed by atoms with Crippen LogP contribution in [0.1, 0.15) is 64.0 Å². The summed E-state index contributed by atoms with van der Waals surface area (Å²) in [5, 5.41) is 1.56. The lowest BCUT2D eigenvalue weighted by Crippen LogP contribution is -2.44. The Morgan fingerprint density at radius 3 is 2.49 bits per heavy atom. The van der Waals surface area contributed by atoms with Crippen LogP contribution < -0.4 is 14.8 Å². The predicted octanol–water partition coefficient (Wildman–Crippen LogP) is 5.74. The molecule has 37 heavy (non-hydrogen) atoms. The number of carbonyl (C=O) groups excluding carboxylic acids is 1. The van der Waals surface area contributed by atoms with Crippen LogP contribution in [-0.4, -0.2) is 38.5 Å². The van der Waals surface area contributed by atoms with Gasteiger partial charge in [-0.1, -0.05) is 42.5 Å². The molecule has 0 fully saturated rings. The van der Waals surface area contributed by atoms with E-state index in [4.69, 9.17) is 19.1 Å². The zero-order valence-electron chi connectivity index (χ0n) is 32.7. The number of alkyl halides is 3. The highest BCUT2D eigenvalue weighted by molar-refractivity contribution is 5.83. The van der Waals surface area contributed by atoms with Crippen LogP contribution in [-0.2, 0) is 23.7 Å². The monoisotopic (exact) mass is 525 g/mol. The van der Waals surface area contributed by atoms with Crippen LogP contribution in [0.15, 0.2) is 66.7 Å². The molecule has 0 radical (unpaired) electrons. The minimum Gasteiger partial charge on any atom is -0.493 e. The Labute approximate surface area is 233 Å². The highest BCUT2D eigenvalue weighted by Gasteiger charge is 2.37. The van der Waals surface area contributed by atoms with Gasteiger partial charge in [-0.25, -0.2) is 0 Å². The number of hydrogen-bond donors (Lipinski definition) is 1. The lowest BCUT2D eigenvalue weighted by atomic mass is 9.86. The first-order chi connectivity index (χ1) is 22.7. The SMILES string of the molecule is [2H]C([2H])([2H])NC(=O)[C@@]([2H])(c1ccccc1)N1C([2H])([2H])C([2H])([2H])c2cc(OC)c(OC)cc2[C@]1([2H])C([2H])([2H])C([2H])([2H])c1ccc(C(F)(F)F)cc1. The fourth-order valence-corrected chi connectivity index (χ4v) is 3.65. The molecule has 1 N–H and O–H groups in total. The van der Waals surface area contributed by atoms with Crippen molar-refractivity contribution in [2.45, 2.75) is 37.3 Å². The van der Waals surface area contributed by atoms with Crippen molar-refractivity contribution in [3.05, 3.63) is 94.5 Å². The van der Waals surface area contributed by atoms with Crippen molar-refractivity contribution < 1.29 is 45.3 Å². The summed E-state index contributed by atoms with van der Waals surface area (Å²) in [5.74, 6) is -2.39. The first-order valence-corrected chi connectivity index (χ1v) is 10.8. The fourth-order valence-electron chi connectivity index (χ4n) is 3.65. The quantitative estimate of drug-likeness (QED) is 0.407. The van der Waals surface area contributed by atoms with Gasteiger partial charge in [-0.2, -0.15) is 13.2 Å². The van der Waals surface area contributed by atoms with Crippen LogP contribution in [0.5, 0.6) is 11.5 Å². The zero-order valence-corrected chi connectivity index (χ0v) is 19.7. The van der Waals surface area contributed by atoms with Crippen LogP contribution in [0.25, 0.3) is 0 Å². The fraction of sp³-hybridized carbons (Fsp3) is 0.345. The molecule has 0 aromatic heterocycles. The molecule has 2 atom stereocenters. The van der Waals surface area contributed by atoms with Crippen molar-refractivity contribution in [3.63, 3.8) is 0 Å². The third-order valence-corrected chi connectivity index (χ3v) is 5.44. The van der Waals surface area contributed by atoms with Gasteiger partial charge in [0.2, 0.25) is 5.91 Å². The molecule has 8 heteroatoms. The van der Waals surface area contributed by atoms with Gasteiger partial charge >= 0.3 is 6.18 Å². The van der Waals surface area contributed by atoms with Crippen molar-refractivity contribution in [3.8, 4) is 11.5 Å². The maximum atomic E-state index is 14.0. The molecule has 5 nitrogen and oxygen atoms in total. The minimum atomic E-state index is -4.87. The van der Waals surface area contributed by atoms with Gasteiger partial charge in [0, 0.05) is 34.6 Å². The number of likely N-dealkylation sites (N-methyl/N-ethyl adjacent to an activating group) is 1. The molecule has 0 saturated carbocycles. The van der Waals surface area contributed by atoms with Gasteiger partial charge in [0.15, 0.2) is 11.5 Å². The Morgan fingerprint density at radius 1 is 1.19 bits per heavy atom. The number of benzene rings is 3. The van der Waals surface area contributed by atoms with Gasteiger partial charge in [0.05, 0.1) is 22.5 Å². The molecule has 1 aliphatic heterocycles. The Kier molecular flexibility index (Phi) is 4.39. The second-order valence-electron chi connectivity index (χ2n) is 7.67. The molecule has 1 aliphatic rings. The lowest BCUT2D eigenvalue weighted by Gasteiger charge is -2.42. The predicted molar refractivity (Wildman–Crippen MR) is 136 cm³/mol. The van der Waals surface area contributed by atoms with E-state index in [9.17, 15) is 26.2 Å². The van der Waals surface area contributed by atoms with Crippen LogP contribution >= 0.6 is 0 Å². The molecule has 0 unspecified atom stereocenters. The minimum absolute atomic E-state index is 0.181. The largest absolute Gasteiger partial charge is 0.493 e. The van der Waals surface area contributed by atoms with E-state index in [1.807, 2.05) is 0 Å². The Balaban J connectivity index is 2.23. The molecule has 0 bridgehead atoms. The lowest BCUT2D eigenvalue weighted by molar-refractivity contribution is -0.137. The Morgan fingerprint density at radius 2 is 1.86 bits per heavy atom. The number of nitrogens with zero attached hydrogens (tertiary/aromatic N) is 1. The molecular weight excluding hydrogens is 481 g/mol. The third kappa shape index (κ3) is 5.74. The van der Waals surface area contributed by atoms with E-state index < -0.39 is 84.5 Å². The number of carbonyl (C=O) groups is 1. The number of ether oxygens (including phenoxy) is 2. The maximum Gasteiger partial charge on any atom is 0.416 e. The second-order valence-corrected chi connectivity index (χ2v) is 7.67. The normalized spacial score (nSPS) is 28.4. The van der Waals surface area contributed by atoms with Gasteiger partial charge in [-0.05, 0) is 65.6 Å². The summed E-state index contributed by atoms with van der Waals surface area (Å²) in [6, 6.07) is 2.51. The average Bonchev–Trinajstić information content (AvgIpc) is 3.02. The molecule has 3 aromatic carbocycles. The van der Waals surface area contributed by atoms with Crippen molar-refractivity contribution in [1.82, 2.24) is 10.2 Å². The maximum absolute atomic E-state index is 14.0. The van der Waals surface area contributed by atoms with Crippen LogP contribution in [0.2, 0.25) is 0 Å². The standard InChI is InChI=1S/C29H31F3N2O3/c1-33-28(35)27(20-7-5-4-6-8-20)34-16-15-21-17-25(36-2)26(37-3)18-23(21)24(34)14-11-19-9-12-22(13-10-19)29(30,31)32/h4-10,12-13,17-18,24,27H,11,14-16H2,1-3H3,(H,33,35)/t24-,27+/m0/s1/i1D3,11D2,14D2,15D2,16D2,24D,27D. The number of methoxy groups -OCH3 is 2. The highest BCUT2D eigenvalue weighted by atomic mass is 19.4. The third-order valence-electron chi connectivity index (χ3n) is 5.44. The smallest absolute Gasteiger partial charge is 0.416 e. The van der Waals surface area contributed by atoms with Gasteiger partial charge in [-0.3, -0.25) is 9.69 Å². The zero-order chi connectivity index (χ0) is 38.1. The first-order valence-electron chi connectivity index (χ1n) is 17.3. The molecule has 3 aromatic rings. The number of rotatable bonds is 8. The molecular formula is C29H31F3N2O3. The highest BCUT2D eigenvalue weighted by Crippen LogP contribution is 2.43. The van der Waals surface area contributed by atoms with E-state index in [0.29, 0.717) is 24.3 Å². The number of halogens is 3. The molecule has 0 aliphatic carbocycles. The number of nitrogens with one attached hydrogen (secondary N) is 1. The summed E-state index contributed by atoms with van der Waals surface area (Å²) in [6.07, 6.45) is -15.8. The van der Waals surface area contributed by atoms with E-state index in [2.05, 4.69) is 0 Å². The topological polar surface area (TPSA) is 50.8 Å². The first kappa shape index (κ1) is 14.4. The van der Waals surface area contributed by atoms with E-state index in [1.165, 1.54) is 18.2 Å². The van der Waals surface area contributed by atoms with Crippen molar-refractivity contribution >= 4 is 5.91 Å². The van der Waals surface area contributed by atoms with E-state index >= 15 is 0 Å². The Hall–Kier alpha value is -3.52. The average molecular weight is 526 g/mol. The summed E-state index contributed by atoms with van der Waals surface area (Å²) in [5.41, 5.74) is -4.23. The van der Waals surface area contributed by atoms with Crippen molar-refractivity contribution in [2.75, 3.05) is 27.7 Å². The second kappa shape index (κ2) is 11.3. The molecule has 4 rings (SSSR count). The van der Waals surface area contributed by atoms with Crippen LogP contribution in [0.4, 0.5) is 13.2 Å². The molecule has 0 spiro atoms. The van der Waals surface area contributed by atoms with Gasteiger partial charge in [0.25, 0.3) is 0 Å². The van der Waals surface area contributed by atoms with E-state index in [0.717, 1.165) is 38.5 Å². The molecule has 0 saturated heterocycles. The van der Waals surface area contributed by atoms with Crippen molar-refractivity contribution in [2.24, 2.45) is 0 Å². The molecule has 196 valence electrons. The van der Waals surface area contributed by atoms with E-state index in [-0.39, 0.29) is 16.4 Å². The number of aryl methyl sites for hydroxylation is 2. The molecule has 1 amide bonds. The van der Waals surface area contributed by atoms with E-state index in [1.54, 1.807) is 5.32 Å². The summed E-state index contributed by atoms with van der Waals surface area (Å²) in [7, 11) is 2.26. The van der Waals surface area contributed by atoms with Gasteiger partial charge < -0.3 is 14.8 Å². The number of fused-ring (bicyclic) bond motifs is 1. The summed E-state index contributed by atoms with van der Waals surface area (Å²) in [4.78, 5) is 13.9. The van der Waals surface area contributed by atoms with Crippen LogP contribution in [0.3, 0.4) is 0 Å². The van der Waals surface area contributed by atoms with Crippen molar-refractivity contribution in [1.29, 1.82) is 0 Å². The summed E-state index contributed by atoms with van der Waals surface area (Å²) >= 11 is 0. The van der Waals surface area contributed by atoms with Gasteiger partial charge in [-0.15, -0.1) is 0 Å². The molecule has 1 heterocycles.